The Morgan fingerprint density at radius 3 is 2.33 bits per heavy atom. The van der Waals surface area contributed by atoms with Crippen molar-refractivity contribution < 1.29 is 13.2 Å². The van der Waals surface area contributed by atoms with E-state index in [0.717, 1.165) is 29.1 Å². The molecule has 2 aromatic rings. The summed E-state index contributed by atoms with van der Waals surface area (Å²) in [5.74, 6) is 0.406. The van der Waals surface area contributed by atoms with E-state index in [4.69, 9.17) is 0 Å². The molecule has 1 N–H and O–H groups in total. The molecular weight excluding hydrogens is 428 g/mol. The number of amides is 1. The SMILES string of the molecule is Cc1ccc(C(=O)N2CCC(c3ccc(Br)cc3)CC2)cc1NS(C)(=O)=O. The van der Waals surface area contributed by atoms with E-state index in [1.54, 1.807) is 18.2 Å². The zero-order valence-corrected chi connectivity index (χ0v) is 17.8. The lowest BCUT2D eigenvalue weighted by Gasteiger charge is -2.32. The molecule has 0 aromatic heterocycles. The van der Waals surface area contributed by atoms with Gasteiger partial charge in [0.2, 0.25) is 10.0 Å². The summed E-state index contributed by atoms with van der Waals surface area (Å²) < 4.78 is 26.6. The summed E-state index contributed by atoms with van der Waals surface area (Å²) >= 11 is 3.46. The van der Waals surface area contributed by atoms with Gasteiger partial charge in [-0.15, -0.1) is 0 Å². The van der Waals surface area contributed by atoms with Gasteiger partial charge in [0.25, 0.3) is 5.91 Å². The van der Waals surface area contributed by atoms with Crippen molar-refractivity contribution in [2.75, 3.05) is 24.1 Å². The van der Waals surface area contributed by atoms with Crippen LogP contribution in [0.4, 0.5) is 5.69 Å². The lowest BCUT2D eigenvalue weighted by Crippen LogP contribution is -2.38. The molecule has 2 aromatic carbocycles. The van der Waals surface area contributed by atoms with Crippen LogP contribution >= 0.6 is 15.9 Å². The first-order valence-electron chi connectivity index (χ1n) is 8.86. The molecule has 1 heterocycles. The van der Waals surface area contributed by atoms with Crippen LogP contribution in [-0.4, -0.2) is 38.6 Å². The largest absolute Gasteiger partial charge is 0.339 e. The lowest BCUT2D eigenvalue weighted by atomic mass is 9.89. The molecule has 1 amide bonds. The number of aryl methyl sites for hydroxylation is 1. The molecule has 0 radical (unpaired) electrons. The summed E-state index contributed by atoms with van der Waals surface area (Å²) in [5.41, 5.74) is 3.05. The van der Waals surface area contributed by atoms with Crippen molar-refractivity contribution in [3.05, 3.63) is 63.6 Å². The second-order valence-corrected chi connectivity index (χ2v) is 9.69. The normalized spacial score (nSPS) is 15.6. The van der Waals surface area contributed by atoms with Crippen LogP contribution in [0.3, 0.4) is 0 Å². The number of carbonyl (C=O) groups is 1. The van der Waals surface area contributed by atoms with E-state index < -0.39 is 10.0 Å². The van der Waals surface area contributed by atoms with Crippen LogP contribution in [0.2, 0.25) is 0 Å². The van der Waals surface area contributed by atoms with Gasteiger partial charge in [-0.25, -0.2) is 8.42 Å². The summed E-state index contributed by atoms with van der Waals surface area (Å²) in [6.45, 7) is 3.20. The summed E-state index contributed by atoms with van der Waals surface area (Å²) in [6, 6.07) is 13.5. The summed E-state index contributed by atoms with van der Waals surface area (Å²) in [6.07, 6.45) is 2.95. The molecule has 3 rings (SSSR count). The molecule has 1 aliphatic heterocycles. The summed E-state index contributed by atoms with van der Waals surface area (Å²) in [5, 5.41) is 0. The maximum absolute atomic E-state index is 12.9. The average Bonchev–Trinajstić information content (AvgIpc) is 2.63. The fourth-order valence-electron chi connectivity index (χ4n) is 3.40. The first kappa shape index (κ1) is 19.9. The highest BCUT2D eigenvalue weighted by Gasteiger charge is 2.25. The number of likely N-dealkylation sites (tertiary alicyclic amines) is 1. The van der Waals surface area contributed by atoms with Crippen molar-refractivity contribution >= 4 is 37.5 Å². The Hall–Kier alpha value is -1.86. The number of nitrogens with one attached hydrogen (secondary N) is 1. The van der Waals surface area contributed by atoms with Crippen LogP contribution in [0.15, 0.2) is 46.9 Å². The molecule has 0 bridgehead atoms. The zero-order valence-electron chi connectivity index (χ0n) is 15.4. The highest BCUT2D eigenvalue weighted by molar-refractivity contribution is 9.10. The minimum Gasteiger partial charge on any atom is -0.339 e. The topological polar surface area (TPSA) is 66.5 Å². The first-order valence-corrected chi connectivity index (χ1v) is 11.5. The van der Waals surface area contributed by atoms with E-state index in [0.29, 0.717) is 30.3 Å². The minimum atomic E-state index is -3.39. The Morgan fingerprint density at radius 2 is 1.74 bits per heavy atom. The molecule has 1 fully saturated rings. The second kappa shape index (κ2) is 8.02. The molecule has 144 valence electrons. The van der Waals surface area contributed by atoms with Gasteiger partial charge in [0.15, 0.2) is 0 Å². The lowest BCUT2D eigenvalue weighted by molar-refractivity contribution is 0.0713. The zero-order chi connectivity index (χ0) is 19.6. The van der Waals surface area contributed by atoms with Crippen LogP contribution in [0, 0.1) is 6.92 Å². The number of nitrogens with zero attached hydrogens (tertiary/aromatic N) is 1. The van der Waals surface area contributed by atoms with Crippen molar-refractivity contribution in [1.82, 2.24) is 4.90 Å². The Morgan fingerprint density at radius 1 is 1.11 bits per heavy atom. The fraction of sp³-hybridized carbons (Fsp3) is 0.350. The van der Waals surface area contributed by atoms with Gasteiger partial charge in [-0.1, -0.05) is 34.1 Å². The van der Waals surface area contributed by atoms with Crippen LogP contribution in [0.25, 0.3) is 0 Å². The van der Waals surface area contributed by atoms with Gasteiger partial charge in [0.1, 0.15) is 0 Å². The minimum absolute atomic E-state index is 0.0548. The van der Waals surface area contributed by atoms with Crippen LogP contribution in [0.1, 0.15) is 40.2 Å². The molecule has 7 heteroatoms. The van der Waals surface area contributed by atoms with Crippen molar-refractivity contribution in [3.8, 4) is 0 Å². The van der Waals surface area contributed by atoms with Gasteiger partial charge < -0.3 is 4.90 Å². The van der Waals surface area contributed by atoms with Crippen LogP contribution in [-0.2, 0) is 10.0 Å². The Kier molecular flexibility index (Phi) is 5.91. The standard InChI is InChI=1S/C20H23BrN2O3S/c1-14-3-4-17(13-19(14)22-27(2,25)26)20(24)23-11-9-16(10-12-23)15-5-7-18(21)8-6-15/h3-8,13,16,22H,9-12H2,1-2H3. The number of sulfonamides is 1. The number of benzene rings is 2. The molecule has 1 aliphatic rings. The molecular formula is C20H23BrN2O3S. The summed E-state index contributed by atoms with van der Waals surface area (Å²) in [7, 11) is -3.39. The first-order chi connectivity index (χ1) is 12.7. The monoisotopic (exact) mass is 450 g/mol. The number of hydrogen-bond donors (Lipinski definition) is 1. The van der Waals surface area contributed by atoms with Crippen molar-refractivity contribution in [2.45, 2.75) is 25.7 Å². The van der Waals surface area contributed by atoms with Crippen molar-refractivity contribution in [1.29, 1.82) is 0 Å². The van der Waals surface area contributed by atoms with Gasteiger partial charge in [0, 0.05) is 23.1 Å². The van der Waals surface area contributed by atoms with E-state index in [-0.39, 0.29) is 5.91 Å². The third kappa shape index (κ3) is 5.11. The number of carbonyl (C=O) groups excluding carboxylic acids is 1. The predicted octanol–water partition coefficient (Wildman–Crippen LogP) is 4.15. The van der Waals surface area contributed by atoms with Crippen LogP contribution < -0.4 is 4.72 Å². The van der Waals surface area contributed by atoms with E-state index in [2.05, 4.69) is 44.9 Å². The van der Waals surface area contributed by atoms with E-state index >= 15 is 0 Å². The molecule has 0 atom stereocenters. The number of hydrogen-bond acceptors (Lipinski definition) is 3. The van der Waals surface area contributed by atoms with Gasteiger partial charge in [-0.05, 0) is 61.1 Å². The third-order valence-electron chi connectivity index (χ3n) is 4.90. The van der Waals surface area contributed by atoms with E-state index in [1.807, 2.05) is 11.8 Å². The molecule has 0 saturated carbocycles. The highest BCUT2D eigenvalue weighted by Crippen LogP contribution is 2.30. The molecule has 0 spiro atoms. The molecule has 5 nitrogen and oxygen atoms in total. The number of anilines is 1. The fourth-order valence-corrected chi connectivity index (χ4v) is 4.28. The molecule has 0 unspecified atom stereocenters. The maximum atomic E-state index is 12.9. The Labute approximate surface area is 169 Å². The quantitative estimate of drug-likeness (QED) is 0.760. The molecule has 1 saturated heterocycles. The number of halogens is 1. The molecule has 27 heavy (non-hydrogen) atoms. The van der Waals surface area contributed by atoms with Crippen LogP contribution in [0.5, 0.6) is 0 Å². The Balaban J connectivity index is 1.69. The van der Waals surface area contributed by atoms with E-state index in [9.17, 15) is 13.2 Å². The Bertz CT molecular complexity index is 934. The van der Waals surface area contributed by atoms with Gasteiger partial charge in [-0.3, -0.25) is 9.52 Å². The molecule has 0 aliphatic carbocycles. The van der Waals surface area contributed by atoms with Gasteiger partial charge in [0.05, 0.1) is 11.9 Å². The third-order valence-corrected chi connectivity index (χ3v) is 6.02. The smallest absolute Gasteiger partial charge is 0.253 e. The number of piperidine rings is 1. The second-order valence-electron chi connectivity index (χ2n) is 7.02. The van der Waals surface area contributed by atoms with Gasteiger partial charge in [-0.2, -0.15) is 0 Å². The summed E-state index contributed by atoms with van der Waals surface area (Å²) in [4.78, 5) is 14.7. The maximum Gasteiger partial charge on any atom is 0.253 e. The van der Waals surface area contributed by atoms with Crippen molar-refractivity contribution in [2.24, 2.45) is 0 Å². The predicted molar refractivity (Wildman–Crippen MR) is 112 cm³/mol. The van der Waals surface area contributed by atoms with E-state index in [1.165, 1.54) is 5.56 Å². The van der Waals surface area contributed by atoms with Gasteiger partial charge >= 0.3 is 0 Å². The van der Waals surface area contributed by atoms with Crippen molar-refractivity contribution in [3.63, 3.8) is 0 Å². The number of rotatable bonds is 4. The average molecular weight is 451 g/mol. The highest BCUT2D eigenvalue weighted by atomic mass is 79.9.